The van der Waals surface area contributed by atoms with Crippen LogP contribution < -0.4 is 11.1 Å². The number of hydrogen-bond donors (Lipinski definition) is 3. The van der Waals surface area contributed by atoms with E-state index in [4.69, 9.17) is 5.73 Å². The van der Waals surface area contributed by atoms with Crippen molar-refractivity contribution in [2.75, 3.05) is 5.32 Å². The molecule has 0 saturated carbocycles. The van der Waals surface area contributed by atoms with Crippen LogP contribution in [0.2, 0.25) is 0 Å². The van der Waals surface area contributed by atoms with Crippen molar-refractivity contribution in [1.29, 1.82) is 0 Å². The molecular formula is C17H16N2O3. The van der Waals surface area contributed by atoms with Gasteiger partial charge in [0.25, 0.3) is 5.91 Å². The summed E-state index contributed by atoms with van der Waals surface area (Å²) in [6.45, 7) is 4.15. The highest BCUT2D eigenvalue weighted by molar-refractivity contribution is 6.53. The maximum atomic E-state index is 11.7. The second-order valence-electron chi connectivity index (χ2n) is 4.74. The van der Waals surface area contributed by atoms with Crippen LogP contribution in [0.4, 0.5) is 5.69 Å². The molecule has 5 heteroatoms. The number of carbonyl (C=O) groups excluding carboxylic acids is 2. The first kappa shape index (κ1) is 15.3. The van der Waals surface area contributed by atoms with Crippen molar-refractivity contribution in [3.05, 3.63) is 66.2 Å². The number of nitrogens with one attached hydrogen (secondary N) is 1. The predicted molar refractivity (Wildman–Crippen MR) is 85.1 cm³/mol. The number of primary amides is 1. The monoisotopic (exact) mass is 296 g/mol. The number of anilines is 1. The molecule has 0 radical (unpaired) electrons. The molecule has 0 saturated heterocycles. The highest BCUT2D eigenvalue weighted by atomic mass is 16.3. The Balaban J connectivity index is 2.18. The molecular weight excluding hydrogens is 280 g/mol. The van der Waals surface area contributed by atoms with Gasteiger partial charge in [-0.1, -0.05) is 36.9 Å². The number of ketones is 1. The van der Waals surface area contributed by atoms with Gasteiger partial charge in [-0.05, 0) is 23.8 Å². The Kier molecular flexibility index (Phi) is 4.58. The Morgan fingerprint density at radius 2 is 1.73 bits per heavy atom. The quantitative estimate of drug-likeness (QED) is 0.562. The first-order valence-corrected chi connectivity index (χ1v) is 6.63. The summed E-state index contributed by atoms with van der Waals surface area (Å²) in [4.78, 5) is 22.7. The molecule has 0 aliphatic heterocycles. The predicted octanol–water partition coefficient (Wildman–Crippen LogP) is 2.07. The van der Waals surface area contributed by atoms with E-state index in [0.29, 0.717) is 17.8 Å². The molecule has 0 aromatic heterocycles. The maximum Gasteiger partial charge on any atom is 0.289 e. The highest BCUT2D eigenvalue weighted by Crippen LogP contribution is 2.24. The number of Topliss-reactive ketones (excluding diaryl/α,β-unsaturated/α-hetero) is 1. The summed E-state index contributed by atoms with van der Waals surface area (Å²) in [6.07, 6.45) is 0. The van der Waals surface area contributed by atoms with Gasteiger partial charge >= 0.3 is 0 Å². The largest absolute Gasteiger partial charge is 0.508 e. The maximum absolute atomic E-state index is 11.7. The molecule has 5 nitrogen and oxygen atoms in total. The van der Waals surface area contributed by atoms with Gasteiger partial charge in [-0.15, -0.1) is 0 Å². The molecule has 2 aromatic carbocycles. The van der Waals surface area contributed by atoms with Crippen LogP contribution in [-0.2, 0) is 16.1 Å². The molecule has 0 spiro atoms. The molecule has 1 amide bonds. The van der Waals surface area contributed by atoms with E-state index in [-0.39, 0.29) is 11.3 Å². The number of phenolic OH excluding ortho intramolecular Hbond substituents is 1. The van der Waals surface area contributed by atoms with E-state index >= 15 is 0 Å². The Bertz CT molecular complexity index is 721. The number of phenols is 1. The van der Waals surface area contributed by atoms with E-state index in [1.807, 2.05) is 6.07 Å². The van der Waals surface area contributed by atoms with Crippen molar-refractivity contribution in [2.24, 2.45) is 5.73 Å². The topological polar surface area (TPSA) is 92.4 Å². The number of carbonyl (C=O) groups is 2. The minimum absolute atomic E-state index is 0.0568. The van der Waals surface area contributed by atoms with Crippen molar-refractivity contribution in [1.82, 2.24) is 0 Å². The smallest absolute Gasteiger partial charge is 0.289 e. The summed E-state index contributed by atoms with van der Waals surface area (Å²) in [7, 11) is 0. The van der Waals surface area contributed by atoms with Crippen LogP contribution in [0.1, 0.15) is 11.1 Å². The third kappa shape index (κ3) is 3.52. The average molecular weight is 296 g/mol. The summed E-state index contributed by atoms with van der Waals surface area (Å²) in [6, 6.07) is 13.8. The van der Waals surface area contributed by atoms with Crippen molar-refractivity contribution < 1.29 is 14.7 Å². The number of hydrogen-bond acceptors (Lipinski definition) is 4. The number of aromatic hydroxyl groups is 1. The third-order valence-electron chi connectivity index (χ3n) is 3.17. The van der Waals surface area contributed by atoms with Crippen LogP contribution in [-0.4, -0.2) is 16.8 Å². The molecule has 0 fully saturated rings. The lowest BCUT2D eigenvalue weighted by molar-refractivity contribution is -0.132. The van der Waals surface area contributed by atoms with Crippen LogP contribution in [0.15, 0.2) is 55.1 Å². The number of nitrogens with two attached hydrogens (primary N) is 1. The van der Waals surface area contributed by atoms with E-state index in [0.717, 1.165) is 5.56 Å². The van der Waals surface area contributed by atoms with Gasteiger partial charge in [0.1, 0.15) is 5.75 Å². The Hall–Kier alpha value is -3.08. The molecule has 4 N–H and O–H groups in total. The van der Waals surface area contributed by atoms with Gasteiger partial charge < -0.3 is 16.2 Å². The lowest BCUT2D eigenvalue weighted by Gasteiger charge is -2.12. The van der Waals surface area contributed by atoms with Gasteiger partial charge in [0.15, 0.2) is 0 Å². The summed E-state index contributed by atoms with van der Waals surface area (Å²) in [5, 5.41) is 12.4. The molecule has 0 atom stereocenters. The normalized spacial score (nSPS) is 10.0. The van der Waals surface area contributed by atoms with Crippen LogP contribution in [0, 0.1) is 0 Å². The number of amides is 1. The van der Waals surface area contributed by atoms with Gasteiger partial charge in [0, 0.05) is 23.4 Å². The molecule has 2 rings (SSSR count). The van der Waals surface area contributed by atoms with Gasteiger partial charge in [-0.25, -0.2) is 0 Å². The molecule has 2 aromatic rings. The molecule has 112 valence electrons. The average Bonchev–Trinajstić information content (AvgIpc) is 2.53. The van der Waals surface area contributed by atoms with E-state index < -0.39 is 11.7 Å². The zero-order valence-electron chi connectivity index (χ0n) is 11.9. The SMILES string of the molecule is C=C(C(=O)C(N)=O)c1ccccc1NCc1ccc(O)cc1. The minimum Gasteiger partial charge on any atom is -0.508 e. The third-order valence-corrected chi connectivity index (χ3v) is 3.17. The van der Waals surface area contributed by atoms with Crippen LogP contribution in [0.25, 0.3) is 5.57 Å². The summed E-state index contributed by atoms with van der Waals surface area (Å²) < 4.78 is 0. The van der Waals surface area contributed by atoms with Gasteiger partial charge in [-0.3, -0.25) is 9.59 Å². The summed E-state index contributed by atoms with van der Waals surface area (Å²) in [5.41, 5.74) is 7.23. The van der Waals surface area contributed by atoms with E-state index in [9.17, 15) is 14.7 Å². The lowest BCUT2D eigenvalue weighted by Crippen LogP contribution is -2.24. The number of para-hydroxylation sites is 1. The molecule has 0 unspecified atom stereocenters. The first-order valence-electron chi connectivity index (χ1n) is 6.63. The Labute approximate surface area is 128 Å². The van der Waals surface area contributed by atoms with Crippen molar-refractivity contribution in [3.8, 4) is 5.75 Å². The van der Waals surface area contributed by atoms with Gasteiger partial charge in [-0.2, -0.15) is 0 Å². The van der Waals surface area contributed by atoms with Crippen molar-refractivity contribution >= 4 is 23.0 Å². The first-order chi connectivity index (χ1) is 10.5. The zero-order valence-corrected chi connectivity index (χ0v) is 11.9. The van der Waals surface area contributed by atoms with Crippen LogP contribution >= 0.6 is 0 Å². The van der Waals surface area contributed by atoms with E-state index in [1.165, 1.54) is 0 Å². The van der Waals surface area contributed by atoms with E-state index in [1.54, 1.807) is 42.5 Å². The molecule has 0 aliphatic carbocycles. The van der Waals surface area contributed by atoms with Crippen LogP contribution in [0.3, 0.4) is 0 Å². The second kappa shape index (κ2) is 6.58. The number of benzene rings is 2. The van der Waals surface area contributed by atoms with Crippen LogP contribution in [0.5, 0.6) is 5.75 Å². The van der Waals surface area contributed by atoms with Crippen molar-refractivity contribution in [3.63, 3.8) is 0 Å². The fraction of sp³-hybridized carbons (Fsp3) is 0.0588. The fourth-order valence-electron chi connectivity index (χ4n) is 1.98. The molecule has 0 bridgehead atoms. The fourth-order valence-corrected chi connectivity index (χ4v) is 1.98. The Morgan fingerprint density at radius 3 is 2.36 bits per heavy atom. The lowest BCUT2D eigenvalue weighted by atomic mass is 10.0. The zero-order chi connectivity index (χ0) is 16.1. The number of rotatable bonds is 6. The van der Waals surface area contributed by atoms with E-state index in [2.05, 4.69) is 11.9 Å². The summed E-state index contributed by atoms with van der Waals surface area (Å²) in [5.74, 6) is -1.64. The second-order valence-corrected chi connectivity index (χ2v) is 4.74. The van der Waals surface area contributed by atoms with Gasteiger partial charge in [0.05, 0.1) is 0 Å². The Morgan fingerprint density at radius 1 is 1.09 bits per heavy atom. The summed E-state index contributed by atoms with van der Waals surface area (Å²) >= 11 is 0. The van der Waals surface area contributed by atoms with Crippen molar-refractivity contribution in [2.45, 2.75) is 6.54 Å². The molecule has 0 heterocycles. The molecule has 0 aliphatic rings. The standard InChI is InChI=1S/C17H16N2O3/c1-11(16(21)17(18)22)14-4-2-3-5-15(14)19-10-12-6-8-13(20)9-7-12/h2-9,19-20H,1,10H2,(H2,18,22). The minimum atomic E-state index is -1.03. The molecule has 22 heavy (non-hydrogen) atoms. The highest BCUT2D eigenvalue weighted by Gasteiger charge is 2.17. The van der Waals surface area contributed by atoms with Gasteiger partial charge in [0.2, 0.25) is 5.78 Å².